The molecule has 0 fully saturated rings. The van der Waals surface area contributed by atoms with Gasteiger partial charge in [0.1, 0.15) is 0 Å². The Morgan fingerprint density at radius 3 is 2.92 bits per heavy atom. The summed E-state index contributed by atoms with van der Waals surface area (Å²) in [7, 11) is 0. The molecule has 0 saturated carbocycles. The molecule has 0 aromatic rings. The van der Waals surface area contributed by atoms with Crippen molar-refractivity contribution >= 4 is 11.8 Å². The first-order chi connectivity index (χ1) is 6.02. The molecule has 4 heteroatoms. The van der Waals surface area contributed by atoms with Crippen LogP contribution < -0.4 is 5.73 Å². The van der Waals surface area contributed by atoms with Crippen LogP contribution in [0.15, 0.2) is 23.0 Å². The lowest BCUT2D eigenvalue weighted by Gasteiger charge is -2.23. The summed E-state index contributed by atoms with van der Waals surface area (Å²) in [5, 5.41) is 10.7. The molecule has 0 bridgehead atoms. The summed E-state index contributed by atoms with van der Waals surface area (Å²) in [5.41, 5.74) is 6.65. The van der Waals surface area contributed by atoms with E-state index in [4.69, 9.17) is 10.5 Å². The Hall–Kier alpha value is -0.450. The van der Waals surface area contributed by atoms with Crippen LogP contribution in [0.2, 0.25) is 0 Å². The number of hydrogen-bond donors (Lipinski definition) is 2. The number of nitrogens with two attached hydrogens (primary N) is 1. The molecule has 0 saturated heterocycles. The van der Waals surface area contributed by atoms with Crippen LogP contribution in [-0.4, -0.2) is 22.0 Å². The molecule has 13 heavy (non-hydrogen) atoms. The fourth-order valence-corrected chi connectivity index (χ4v) is 2.73. The molecule has 2 atom stereocenters. The van der Waals surface area contributed by atoms with Gasteiger partial charge in [0, 0.05) is 10.3 Å². The zero-order valence-electron chi connectivity index (χ0n) is 7.65. The van der Waals surface area contributed by atoms with Crippen molar-refractivity contribution in [3.8, 4) is 0 Å². The summed E-state index contributed by atoms with van der Waals surface area (Å²) in [5.74, 6) is 0. The highest BCUT2D eigenvalue weighted by atomic mass is 32.2. The second-order valence-corrected chi connectivity index (χ2v) is 5.45. The number of aliphatic hydroxyl groups excluding tert-OH is 1. The molecule has 0 unspecified atom stereocenters. The highest BCUT2D eigenvalue weighted by Crippen LogP contribution is 2.48. The molecule has 3 nitrogen and oxygen atoms in total. The van der Waals surface area contributed by atoms with Crippen molar-refractivity contribution in [1.82, 2.24) is 0 Å². The van der Waals surface area contributed by atoms with Crippen molar-refractivity contribution < 1.29 is 9.84 Å². The average molecular weight is 199 g/mol. The predicted octanol–water partition coefficient (Wildman–Crippen LogP) is 0.956. The molecule has 3 N–H and O–H groups in total. The molecule has 2 aliphatic rings. The van der Waals surface area contributed by atoms with E-state index in [9.17, 15) is 5.11 Å². The van der Waals surface area contributed by atoms with Crippen molar-refractivity contribution in [2.24, 2.45) is 5.73 Å². The van der Waals surface area contributed by atoms with Crippen LogP contribution in [0, 0.1) is 0 Å². The van der Waals surface area contributed by atoms with E-state index in [-0.39, 0.29) is 10.8 Å². The number of aliphatic hydroxyl groups is 1. The van der Waals surface area contributed by atoms with Gasteiger partial charge >= 0.3 is 0 Å². The maximum Gasteiger partial charge on any atom is 0.164 e. The van der Waals surface area contributed by atoms with E-state index in [2.05, 4.69) is 0 Å². The van der Waals surface area contributed by atoms with Crippen molar-refractivity contribution in [1.29, 1.82) is 0 Å². The summed E-state index contributed by atoms with van der Waals surface area (Å²) < 4.78 is 5.07. The number of ether oxygens (including phenoxy) is 1. The minimum Gasteiger partial charge on any atom is -0.458 e. The Balaban J connectivity index is 2.33. The van der Waals surface area contributed by atoms with Crippen LogP contribution in [0.3, 0.4) is 0 Å². The first-order valence-electron chi connectivity index (χ1n) is 4.22. The minimum atomic E-state index is -0.507. The first kappa shape index (κ1) is 9.12. The second-order valence-electron chi connectivity index (χ2n) is 3.82. The number of thioether (sulfide) groups is 1. The molecule has 0 aliphatic carbocycles. The van der Waals surface area contributed by atoms with Crippen LogP contribution >= 0.6 is 11.8 Å². The van der Waals surface area contributed by atoms with Gasteiger partial charge in [-0.15, -0.1) is 0 Å². The molecular formula is C9H13NO2S. The van der Waals surface area contributed by atoms with E-state index in [0.717, 1.165) is 10.7 Å². The molecule has 0 aromatic carbocycles. The van der Waals surface area contributed by atoms with Gasteiger partial charge in [0.05, 0.1) is 18.4 Å². The molecule has 0 spiro atoms. The second kappa shape index (κ2) is 2.77. The maximum absolute atomic E-state index is 9.95. The van der Waals surface area contributed by atoms with E-state index in [1.54, 1.807) is 12.3 Å². The molecule has 2 heterocycles. The van der Waals surface area contributed by atoms with Gasteiger partial charge < -0.3 is 15.6 Å². The summed E-state index contributed by atoms with van der Waals surface area (Å²) in [6.45, 7) is 3.97. The molecule has 0 amide bonds. The lowest BCUT2D eigenvalue weighted by molar-refractivity contribution is 0.172. The van der Waals surface area contributed by atoms with E-state index in [0.29, 0.717) is 0 Å². The number of hydrogen-bond acceptors (Lipinski definition) is 4. The zero-order valence-corrected chi connectivity index (χ0v) is 8.47. The van der Waals surface area contributed by atoms with Crippen molar-refractivity contribution in [3.63, 3.8) is 0 Å². The van der Waals surface area contributed by atoms with Gasteiger partial charge in [-0.2, -0.15) is 0 Å². The van der Waals surface area contributed by atoms with Crippen LogP contribution in [0.25, 0.3) is 0 Å². The summed E-state index contributed by atoms with van der Waals surface area (Å²) in [6.07, 6.45) is 2.83. The standard InChI is InChI=1S/C9H13NO2S/c1-9(2)7(11)6-5(10)3-4-12-8(6)13-9/h3-5,7,11H,10H2,1-2H3/t5-,7+/m0/s1. The fourth-order valence-electron chi connectivity index (χ4n) is 1.54. The molecule has 2 aliphatic heterocycles. The highest BCUT2D eigenvalue weighted by Gasteiger charge is 2.44. The van der Waals surface area contributed by atoms with Gasteiger partial charge in [-0.25, -0.2) is 0 Å². The average Bonchev–Trinajstić information content (AvgIpc) is 2.24. The topological polar surface area (TPSA) is 55.5 Å². The third-order valence-corrected chi connectivity index (χ3v) is 3.63. The Morgan fingerprint density at radius 1 is 1.62 bits per heavy atom. The fraction of sp³-hybridized carbons (Fsp3) is 0.556. The zero-order chi connectivity index (χ0) is 9.64. The van der Waals surface area contributed by atoms with Gasteiger partial charge in [0.2, 0.25) is 0 Å². The van der Waals surface area contributed by atoms with Crippen molar-refractivity contribution in [3.05, 3.63) is 23.0 Å². The van der Waals surface area contributed by atoms with Gasteiger partial charge in [-0.05, 0) is 19.9 Å². The Morgan fingerprint density at radius 2 is 2.31 bits per heavy atom. The van der Waals surface area contributed by atoms with Crippen molar-refractivity contribution in [2.45, 2.75) is 30.7 Å². The Kier molecular flexibility index (Phi) is 1.94. The van der Waals surface area contributed by atoms with Gasteiger partial charge in [0.15, 0.2) is 5.09 Å². The van der Waals surface area contributed by atoms with E-state index in [1.165, 1.54) is 11.8 Å². The van der Waals surface area contributed by atoms with Gasteiger partial charge in [0.25, 0.3) is 0 Å². The summed E-state index contributed by atoms with van der Waals surface area (Å²) >= 11 is 1.54. The predicted molar refractivity (Wildman–Crippen MR) is 52.9 cm³/mol. The quantitative estimate of drug-likeness (QED) is 0.610. The smallest absolute Gasteiger partial charge is 0.164 e. The molecule has 0 radical (unpaired) electrons. The molecule has 0 aromatic heterocycles. The maximum atomic E-state index is 9.95. The lowest BCUT2D eigenvalue weighted by Crippen LogP contribution is -2.36. The Bertz CT molecular complexity index is 296. The van der Waals surface area contributed by atoms with Crippen molar-refractivity contribution in [2.75, 3.05) is 0 Å². The van der Waals surface area contributed by atoms with Gasteiger partial charge in [-0.3, -0.25) is 0 Å². The first-order valence-corrected chi connectivity index (χ1v) is 5.04. The minimum absolute atomic E-state index is 0.201. The lowest BCUT2D eigenvalue weighted by atomic mass is 9.94. The summed E-state index contributed by atoms with van der Waals surface area (Å²) in [6, 6.07) is -0.201. The largest absolute Gasteiger partial charge is 0.458 e. The van der Waals surface area contributed by atoms with E-state index in [1.807, 2.05) is 13.8 Å². The highest BCUT2D eigenvalue weighted by molar-refractivity contribution is 8.04. The third kappa shape index (κ3) is 1.29. The van der Waals surface area contributed by atoms with E-state index < -0.39 is 6.10 Å². The monoisotopic (exact) mass is 199 g/mol. The number of rotatable bonds is 0. The van der Waals surface area contributed by atoms with E-state index >= 15 is 0 Å². The van der Waals surface area contributed by atoms with Crippen LogP contribution in [-0.2, 0) is 4.74 Å². The third-order valence-electron chi connectivity index (χ3n) is 2.36. The molecule has 2 rings (SSSR count). The molecular weight excluding hydrogens is 186 g/mol. The van der Waals surface area contributed by atoms with Crippen LogP contribution in [0.4, 0.5) is 0 Å². The Labute approximate surface area is 81.6 Å². The summed E-state index contributed by atoms with van der Waals surface area (Å²) in [4.78, 5) is 0. The normalized spacial score (nSPS) is 36.0. The van der Waals surface area contributed by atoms with Gasteiger partial charge in [-0.1, -0.05) is 11.8 Å². The molecule has 72 valence electrons. The SMILES string of the molecule is CC1(C)SC2=C([C@H]1O)[C@@H](N)C=CO2. The van der Waals surface area contributed by atoms with Crippen LogP contribution in [0.1, 0.15) is 13.8 Å². The van der Waals surface area contributed by atoms with Crippen LogP contribution in [0.5, 0.6) is 0 Å².